The van der Waals surface area contributed by atoms with Crippen LogP contribution < -0.4 is 5.32 Å². The zero-order valence-corrected chi connectivity index (χ0v) is 11.2. The van der Waals surface area contributed by atoms with Crippen molar-refractivity contribution in [3.8, 4) is 0 Å². The molecule has 0 aliphatic carbocycles. The molecule has 2 rings (SSSR count). The predicted molar refractivity (Wildman–Crippen MR) is 69.9 cm³/mol. The van der Waals surface area contributed by atoms with Crippen LogP contribution in [0.5, 0.6) is 0 Å². The van der Waals surface area contributed by atoms with Gasteiger partial charge in [-0.15, -0.1) is 0 Å². The molecular weight excluding hydrogens is 210 g/mol. The average molecular weight is 233 g/mol. The molecule has 0 amide bonds. The van der Waals surface area contributed by atoms with Crippen molar-refractivity contribution < 1.29 is 0 Å². The number of rotatable bonds is 3. The first kappa shape index (κ1) is 12.5. The Balaban J connectivity index is 2.18. The van der Waals surface area contributed by atoms with E-state index in [1.165, 1.54) is 25.0 Å². The van der Waals surface area contributed by atoms with Crippen LogP contribution in [0.15, 0.2) is 6.07 Å². The topological polar surface area (TPSA) is 37.8 Å². The van der Waals surface area contributed by atoms with Gasteiger partial charge in [-0.2, -0.15) is 0 Å². The molecule has 1 unspecified atom stereocenters. The molecule has 17 heavy (non-hydrogen) atoms. The molecule has 1 atom stereocenters. The molecular formula is C14H23N3. The second kappa shape index (κ2) is 5.58. The van der Waals surface area contributed by atoms with E-state index in [0.29, 0.717) is 12.0 Å². The van der Waals surface area contributed by atoms with Crippen molar-refractivity contribution in [3.63, 3.8) is 0 Å². The van der Waals surface area contributed by atoms with E-state index in [4.69, 9.17) is 4.98 Å². The van der Waals surface area contributed by atoms with E-state index in [1.54, 1.807) is 0 Å². The van der Waals surface area contributed by atoms with Gasteiger partial charge in [0.2, 0.25) is 0 Å². The largest absolute Gasteiger partial charge is 0.307 e. The van der Waals surface area contributed by atoms with E-state index in [2.05, 4.69) is 37.1 Å². The molecule has 2 heterocycles. The number of piperidine rings is 1. The Morgan fingerprint density at radius 3 is 2.82 bits per heavy atom. The molecule has 1 aliphatic rings. The number of aryl methyl sites for hydroxylation is 1. The van der Waals surface area contributed by atoms with Crippen LogP contribution in [0.1, 0.15) is 56.4 Å². The second-order valence-corrected chi connectivity index (χ2v) is 5.46. The number of hydrogen-bond acceptors (Lipinski definition) is 3. The van der Waals surface area contributed by atoms with Gasteiger partial charge in [-0.1, -0.05) is 20.3 Å². The van der Waals surface area contributed by atoms with Crippen LogP contribution in [0.25, 0.3) is 0 Å². The molecule has 0 spiro atoms. The molecule has 3 nitrogen and oxygen atoms in total. The van der Waals surface area contributed by atoms with Crippen molar-refractivity contribution in [2.75, 3.05) is 6.54 Å². The summed E-state index contributed by atoms with van der Waals surface area (Å²) in [4.78, 5) is 9.31. The molecule has 1 aromatic rings. The summed E-state index contributed by atoms with van der Waals surface area (Å²) in [6.45, 7) is 7.63. The lowest BCUT2D eigenvalue weighted by molar-refractivity contribution is 0.395. The van der Waals surface area contributed by atoms with Gasteiger partial charge in [0, 0.05) is 11.4 Å². The minimum Gasteiger partial charge on any atom is -0.307 e. The second-order valence-electron chi connectivity index (χ2n) is 5.46. The third kappa shape index (κ3) is 3.50. The monoisotopic (exact) mass is 233 g/mol. The van der Waals surface area contributed by atoms with Gasteiger partial charge in [0.25, 0.3) is 0 Å². The summed E-state index contributed by atoms with van der Waals surface area (Å²) < 4.78 is 0. The Hall–Kier alpha value is -0.960. The summed E-state index contributed by atoms with van der Waals surface area (Å²) in [6, 6.07) is 2.49. The van der Waals surface area contributed by atoms with Crippen LogP contribution in [0.2, 0.25) is 0 Å². The van der Waals surface area contributed by atoms with Crippen LogP contribution in [0, 0.1) is 12.8 Å². The lowest BCUT2D eigenvalue weighted by atomic mass is 10.0. The van der Waals surface area contributed by atoms with Crippen LogP contribution in [-0.2, 0) is 6.42 Å². The Morgan fingerprint density at radius 1 is 1.35 bits per heavy atom. The summed E-state index contributed by atoms with van der Waals surface area (Å²) in [5.41, 5.74) is 2.29. The first-order chi connectivity index (χ1) is 8.15. The van der Waals surface area contributed by atoms with Gasteiger partial charge in [0.05, 0.1) is 6.04 Å². The van der Waals surface area contributed by atoms with E-state index < -0.39 is 0 Å². The molecule has 94 valence electrons. The molecule has 1 aliphatic heterocycles. The van der Waals surface area contributed by atoms with Crippen LogP contribution in [0.4, 0.5) is 0 Å². The smallest absolute Gasteiger partial charge is 0.145 e. The van der Waals surface area contributed by atoms with Crippen molar-refractivity contribution in [1.82, 2.24) is 15.3 Å². The minimum absolute atomic E-state index is 0.370. The third-order valence-electron chi connectivity index (χ3n) is 3.16. The maximum absolute atomic E-state index is 4.72. The maximum atomic E-state index is 4.72. The van der Waals surface area contributed by atoms with Crippen LogP contribution in [0.3, 0.4) is 0 Å². The van der Waals surface area contributed by atoms with Crippen molar-refractivity contribution in [2.24, 2.45) is 5.92 Å². The highest BCUT2D eigenvalue weighted by molar-refractivity contribution is 5.12. The van der Waals surface area contributed by atoms with Gasteiger partial charge in [-0.05, 0) is 44.7 Å². The summed E-state index contributed by atoms with van der Waals surface area (Å²) in [6.07, 6.45) is 4.78. The van der Waals surface area contributed by atoms with Gasteiger partial charge >= 0.3 is 0 Å². The van der Waals surface area contributed by atoms with E-state index >= 15 is 0 Å². The average Bonchev–Trinajstić information content (AvgIpc) is 2.28. The molecule has 0 aromatic carbocycles. The zero-order chi connectivity index (χ0) is 12.3. The highest BCUT2D eigenvalue weighted by Gasteiger charge is 2.18. The molecule has 0 saturated carbocycles. The van der Waals surface area contributed by atoms with Gasteiger partial charge in [0.15, 0.2) is 0 Å². The number of nitrogens with one attached hydrogen (secondary N) is 1. The first-order valence-electron chi connectivity index (χ1n) is 6.73. The normalized spacial score (nSPS) is 20.8. The fraction of sp³-hybridized carbons (Fsp3) is 0.714. The highest BCUT2D eigenvalue weighted by Crippen LogP contribution is 2.21. The third-order valence-corrected chi connectivity index (χ3v) is 3.16. The Morgan fingerprint density at radius 2 is 2.18 bits per heavy atom. The van der Waals surface area contributed by atoms with E-state index in [-0.39, 0.29) is 0 Å². The molecule has 3 heteroatoms. The number of aromatic nitrogens is 2. The predicted octanol–water partition coefficient (Wildman–Crippen LogP) is 2.80. The fourth-order valence-electron chi connectivity index (χ4n) is 2.41. The SMILES string of the molecule is Cc1cc(CC(C)C)nc(C2CCCCN2)n1. The van der Waals surface area contributed by atoms with Gasteiger partial charge in [0.1, 0.15) is 5.82 Å². The lowest BCUT2D eigenvalue weighted by Gasteiger charge is -2.22. The number of hydrogen-bond donors (Lipinski definition) is 1. The highest BCUT2D eigenvalue weighted by atomic mass is 15.0. The lowest BCUT2D eigenvalue weighted by Crippen LogP contribution is -2.28. The van der Waals surface area contributed by atoms with E-state index in [0.717, 1.165) is 24.5 Å². The Labute approximate surface area is 104 Å². The van der Waals surface area contributed by atoms with Crippen molar-refractivity contribution in [1.29, 1.82) is 0 Å². The van der Waals surface area contributed by atoms with Gasteiger partial charge in [-0.25, -0.2) is 9.97 Å². The van der Waals surface area contributed by atoms with Crippen molar-refractivity contribution in [3.05, 3.63) is 23.3 Å². The molecule has 0 bridgehead atoms. The minimum atomic E-state index is 0.370. The molecule has 0 radical (unpaired) electrons. The quantitative estimate of drug-likeness (QED) is 0.872. The van der Waals surface area contributed by atoms with Crippen molar-refractivity contribution in [2.45, 2.75) is 52.5 Å². The summed E-state index contributed by atoms with van der Waals surface area (Å²) in [7, 11) is 0. The van der Waals surface area contributed by atoms with E-state index in [9.17, 15) is 0 Å². The zero-order valence-electron chi connectivity index (χ0n) is 11.2. The fourth-order valence-corrected chi connectivity index (χ4v) is 2.41. The van der Waals surface area contributed by atoms with Crippen molar-refractivity contribution >= 4 is 0 Å². The Kier molecular flexibility index (Phi) is 4.11. The summed E-state index contributed by atoms with van der Waals surface area (Å²) in [5, 5.41) is 3.52. The van der Waals surface area contributed by atoms with Crippen LogP contribution >= 0.6 is 0 Å². The standard InChI is InChI=1S/C14H23N3/c1-10(2)8-12-9-11(3)16-14(17-12)13-6-4-5-7-15-13/h9-10,13,15H,4-8H2,1-3H3. The van der Waals surface area contributed by atoms with E-state index in [1.807, 2.05) is 0 Å². The van der Waals surface area contributed by atoms with Crippen LogP contribution in [-0.4, -0.2) is 16.5 Å². The van der Waals surface area contributed by atoms with Gasteiger partial charge in [-0.3, -0.25) is 0 Å². The molecule has 1 saturated heterocycles. The molecule has 1 N–H and O–H groups in total. The molecule has 1 fully saturated rings. The Bertz CT molecular complexity index is 368. The summed E-state index contributed by atoms with van der Waals surface area (Å²) >= 11 is 0. The number of nitrogens with zero attached hydrogens (tertiary/aromatic N) is 2. The maximum Gasteiger partial charge on any atom is 0.145 e. The first-order valence-corrected chi connectivity index (χ1v) is 6.73. The molecule has 1 aromatic heterocycles. The summed E-state index contributed by atoms with van der Waals surface area (Å²) in [5.74, 6) is 1.65. The van der Waals surface area contributed by atoms with Gasteiger partial charge < -0.3 is 5.32 Å².